The normalized spacial score (nSPS) is 13.5. The molecule has 0 aliphatic carbocycles. The second-order valence-electron chi connectivity index (χ2n) is 24.8. The maximum absolute atomic E-state index is 12.8. The molecular formula is C78H140NO8P. The van der Waals surface area contributed by atoms with E-state index in [4.69, 9.17) is 24.3 Å². The number of ether oxygens (including phenoxy) is 2. The summed E-state index contributed by atoms with van der Waals surface area (Å²) in [6, 6.07) is 0. The smallest absolute Gasteiger partial charge is 0.462 e. The number of rotatable bonds is 70. The van der Waals surface area contributed by atoms with Crippen molar-refractivity contribution in [1.82, 2.24) is 0 Å². The molecule has 0 aromatic carbocycles. The second kappa shape index (κ2) is 73.0. The lowest BCUT2D eigenvalue weighted by Gasteiger charge is -2.19. The lowest BCUT2D eigenvalue weighted by atomic mass is 10.0. The predicted octanol–water partition coefficient (Wildman–Crippen LogP) is 24.7. The van der Waals surface area contributed by atoms with E-state index in [1.165, 1.54) is 225 Å². The van der Waals surface area contributed by atoms with Crippen molar-refractivity contribution in [3.8, 4) is 0 Å². The van der Waals surface area contributed by atoms with Crippen LogP contribution in [0.4, 0.5) is 0 Å². The zero-order valence-corrected chi connectivity index (χ0v) is 58.3. The fraction of sp³-hybridized carbons (Fsp3) is 0.769. The Bertz CT molecular complexity index is 1770. The summed E-state index contributed by atoms with van der Waals surface area (Å²) in [5, 5.41) is 0. The number of hydrogen-bond acceptors (Lipinski definition) is 8. The summed E-state index contributed by atoms with van der Waals surface area (Å²) in [5.74, 6) is -0.821. The summed E-state index contributed by atoms with van der Waals surface area (Å²) in [6.07, 6.45) is 99.5. The molecule has 0 saturated carbocycles. The molecular weight excluding hydrogens is 1110 g/mol. The first-order chi connectivity index (χ1) is 43.3. The number of unbranched alkanes of at least 4 members (excludes halogenated alkanes) is 41. The van der Waals surface area contributed by atoms with Gasteiger partial charge in [-0.2, -0.15) is 0 Å². The van der Waals surface area contributed by atoms with E-state index in [0.717, 1.165) is 96.3 Å². The number of phosphoric ester groups is 1. The quantitative estimate of drug-likeness (QED) is 0.0264. The number of carbonyl (C=O) groups excluding carboxylic acids is 2. The van der Waals surface area contributed by atoms with Gasteiger partial charge in [-0.1, -0.05) is 361 Å². The highest BCUT2D eigenvalue weighted by Crippen LogP contribution is 2.43. The molecule has 9 nitrogen and oxygen atoms in total. The fourth-order valence-corrected chi connectivity index (χ4v) is 11.5. The SMILES string of the molecule is CC/C=C\C/C=C\C/C=C\C/C=C\C/C=C\C/C=C\C/C=C\C/C=C\CCCCCCCCCCCCC(=O)OC(COC(=O)CCCCCCCCCCCCCCCCCCCCCCCCCCCCCCCCCC)COP(=O)(O)OCCN. The average molecular weight is 1250 g/mol. The summed E-state index contributed by atoms with van der Waals surface area (Å²) >= 11 is 0. The molecule has 0 aliphatic heterocycles. The topological polar surface area (TPSA) is 134 Å². The van der Waals surface area contributed by atoms with E-state index >= 15 is 0 Å². The zero-order valence-electron chi connectivity index (χ0n) is 57.4. The van der Waals surface area contributed by atoms with E-state index in [9.17, 15) is 19.0 Å². The number of nitrogens with two attached hydrogens (primary N) is 1. The summed E-state index contributed by atoms with van der Waals surface area (Å²) in [4.78, 5) is 35.4. The van der Waals surface area contributed by atoms with Crippen LogP contribution < -0.4 is 5.73 Å². The van der Waals surface area contributed by atoms with Crippen molar-refractivity contribution in [3.63, 3.8) is 0 Å². The summed E-state index contributed by atoms with van der Waals surface area (Å²) in [6.45, 7) is 3.68. The molecule has 0 saturated heterocycles. The lowest BCUT2D eigenvalue weighted by molar-refractivity contribution is -0.161. The van der Waals surface area contributed by atoms with Gasteiger partial charge in [0.2, 0.25) is 0 Å². The molecule has 3 N–H and O–H groups in total. The van der Waals surface area contributed by atoms with Crippen LogP contribution in [0, 0.1) is 0 Å². The first kappa shape index (κ1) is 84.9. The molecule has 0 aromatic heterocycles. The summed E-state index contributed by atoms with van der Waals surface area (Å²) in [7, 11) is -4.40. The number of carbonyl (C=O) groups is 2. The van der Waals surface area contributed by atoms with Crippen LogP contribution in [0.15, 0.2) is 97.2 Å². The van der Waals surface area contributed by atoms with Crippen LogP contribution in [-0.2, 0) is 32.7 Å². The molecule has 0 bridgehead atoms. The minimum absolute atomic E-state index is 0.0505. The maximum Gasteiger partial charge on any atom is 0.472 e. The van der Waals surface area contributed by atoms with Crippen molar-refractivity contribution >= 4 is 19.8 Å². The summed E-state index contributed by atoms with van der Waals surface area (Å²) < 4.78 is 33.2. The van der Waals surface area contributed by atoms with Gasteiger partial charge in [-0.15, -0.1) is 0 Å². The Hall–Kier alpha value is -3.07. The summed E-state index contributed by atoms with van der Waals surface area (Å²) in [5.41, 5.74) is 5.41. The Morgan fingerprint density at radius 1 is 0.352 bits per heavy atom. The van der Waals surface area contributed by atoms with Crippen LogP contribution >= 0.6 is 7.82 Å². The Balaban J connectivity index is 3.87. The monoisotopic (exact) mass is 1250 g/mol. The Labute approximate surface area is 544 Å². The van der Waals surface area contributed by atoms with Crippen LogP contribution in [0.5, 0.6) is 0 Å². The number of phosphoric acid groups is 1. The van der Waals surface area contributed by atoms with Gasteiger partial charge >= 0.3 is 19.8 Å². The zero-order chi connectivity index (χ0) is 63.7. The second-order valence-corrected chi connectivity index (χ2v) is 26.2. The molecule has 2 atom stereocenters. The first-order valence-corrected chi connectivity index (χ1v) is 38.7. The van der Waals surface area contributed by atoms with Crippen LogP contribution in [0.1, 0.15) is 354 Å². The molecule has 0 aliphatic rings. The molecule has 0 aromatic rings. The van der Waals surface area contributed by atoms with Crippen LogP contribution in [-0.4, -0.2) is 49.3 Å². The Kier molecular flexibility index (Phi) is 70.4. The van der Waals surface area contributed by atoms with E-state index in [1.54, 1.807) is 0 Å². The van der Waals surface area contributed by atoms with Gasteiger partial charge in [-0.05, 0) is 77.0 Å². The van der Waals surface area contributed by atoms with E-state index in [0.29, 0.717) is 6.42 Å². The number of esters is 2. The van der Waals surface area contributed by atoms with Crippen molar-refractivity contribution in [2.75, 3.05) is 26.4 Å². The maximum atomic E-state index is 12.8. The highest BCUT2D eigenvalue weighted by Gasteiger charge is 2.26. The lowest BCUT2D eigenvalue weighted by Crippen LogP contribution is -2.29. The molecule has 0 fully saturated rings. The highest BCUT2D eigenvalue weighted by atomic mass is 31.2. The molecule has 0 heterocycles. The van der Waals surface area contributed by atoms with Gasteiger partial charge in [0.15, 0.2) is 6.10 Å². The molecule has 0 amide bonds. The molecule has 88 heavy (non-hydrogen) atoms. The van der Waals surface area contributed by atoms with Gasteiger partial charge in [0.05, 0.1) is 13.2 Å². The van der Waals surface area contributed by atoms with Crippen LogP contribution in [0.3, 0.4) is 0 Å². The van der Waals surface area contributed by atoms with E-state index in [-0.39, 0.29) is 38.6 Å². The third-order valence-corrected chi connectivity index (χ3v) is 17.2. The van der Waals surface area contributed by atoms with Crippen molar-refractivity contribution < 1.29 is 37.6 Å². The standard InChI is InChI=1S/C78H140NO8P/c1-3-5-7-9-11-13-15-17-19-21-23-25-27-29-31-33-35-37-38-39-41-43-45-47-49-51-53-55-57-59-61-63-65-67-69-71-78(81)87-76(75-86-88(82,83)85-73-72-79)74-84-77(80)70-68-66-64-62-60-58-56-54-52-50-48-46-44-42-40-36-34-32-30-28-26-24-22-20-18-16-14-12-10-8-6-4-2/h5,7,11,13,17,19,23,25,29,31,35,37,39,41,45,47,76H,3-4,6,8-10,12,14-16,18,20-22,24,26-28,30,32-34,36,38,40,42-44,46,48-75,79H2,1-2H3,(H,82,83)/b7-5-,13-11-,19-17-,25-23-,31-29-,37-35-,41-39-,47-45-. The van der Waals surface area contributed by atoms with Crippen molar-refractivity contribution in [3.05, 3.63) is 97.2 Å². The molecule has 0 rings (SSSR count). The van der Waals surface area contributed by atoms with Gasteiger partial charge < -0.3 is 20.1 Å². The predicted molar refractivity (Wildman–Crippen MR) is 381 cm³/mol. The molecule has 2 unspecified atom stereocenters. The van der Waals surface area contributed by atoms with Gasteiger partial charge in [-0.3, -0.25) is 18.6 Å². The fourth-order valence-electron chi connectivity index (χ4n) is 10.8. The van der Waals surface area contributed by atoms with Crippen molar-refractivity contribution in [2.45, 2.75) is 360 Å². The Morgan fingerprint density at radius 3 is 0.932 bits per heavy atom. The van der Waals surface area contributed by atoms with Gasteiger partial charge in [0.25, 0.3) is 0 Å². The molecule has 510 valence electrons. The highest BCUT2D eigenvalue weighted by molar-refractivity contribution is 7.47. The Morgan fingerprint density at radius 2 is 0.625 bits per heavy atom. The van der Waals surface area contributed by atoms with Crippen molar-refractivity contribution in [2.24, 2.45) is 5.73 Å². The van der Waals surface area contributed by atoms with Crippen LogP contribution in [0.2, 0.25) is 0 Å². The third kappa shape index (κ3) is 72.0. The number of hydrogen-bond donors (Lipinski definition) is 2. The first-order valence-electron chi connectivity index (χ1n) is 37.2. The molecule has 0 spiro atoms. The minimum atomic E-state index is -4.40. The van der Waals surface area contributed by atoms with Crippen LogP contribution in [0.25, 0.3) is 0 Å². The van der Waals surface area contributed by atoms with Gasteiger partial charge in [0.1, 0.15) is 6.61 Å². The average Bonchev–Trinajstić information content (AvgIpc) is 3.62. The van der Waals surface area contributed by atoms with E-state index in [1.807, 2.05) is 0 Å². The van der Waals surface area contributed by atoms with E-state index < -0.39 is 26.5 Å². The molecule has 10 heteroatoms. The molecule has 0 radical (unpaired) electrons. The third-order valence-electron chi connectivity index (χ3n) is 16.2. The largest absolute Gasteiger partial charge is 0.472 e. The van der Waals surface area contributed by atoms with E-state index in [2.05, 4.69) is 111 Å². The minimum Gasteiger partial charge on any atom is -0.462 e. The number of allylic oxidation sites excluding steroid dienone is 16. The van der Waals surface area contributed by atoms with Gasteiger partial charge in [0, 0.05) is 19.4 Å². The van der Waals surface area contributed by atoms with Crippen molar-refractivity contribution in [1.29, 1.82) is 0 Å². The van der Waals surface area contributed by atoms with Gasteiger partial charge in [-0.25, -0.2) is 4.57 Å².